The molecular weight excluding hydrogens is 414 g/mol. The number of nitrogens with zero attached hydrogens (tertiary/aromatic N) is 2. The second-order valence-electron chi connectivity index (χ2n) is 8.52. The molecule has 1 saturated heterocycles. The van der Waals surface area contributed by atoms with Crippen LogP contribution in [0.2, 0.25) is 0 Å². The zero-order valence-electron chi connectivity index (χ0n) is 18.8. The van der Waals surface area contributed by atoms with Crippen molar-refractivity contribution in [1.29, 1.82) is 0 Å². The first-order chi connectivity index (χ1) is 14.6. The van der Waals surface area contributed by atoms with E-state index < -0.39 is 10.0 Å². The van der Waals surface area contributed by atoms with E-state index in [1.165, 1.54) is 10.4 Å². The van der Waals surface area contributed by atoms with Gasteiger partial charge in [0.25, 0.3) is 5.91 Å². The van der Waals surface area contributed by atoms with Crippen molar-refractivity contribution in [3.63, 3.8) is 0 Å². The van der Waals surface area contributed by atoms with Crippen molar-refractivity contribution in [2.24, 2.45) is 11.8 Å². The minimum atomic E-state index is -3.65. The molecule has 0 saturated carbocycles. The Hall–Kier alpha value is -2.45. The van der Waals surface area contributed by atoms with Gasteiger partial charge in [0.1, 0.15) is 5.75 Å². The number of methoxy groups -OCH3 is 1. The van der Waals surface area contributed by atoms with E-state index in [0.717, 1.165) is 23.3 Å². The van der Waals surface area contributed by atoms with E-state index in [-0.39, 0.29) is 17.3 Å². The third-order valence-electron chi connectivity index (χ3n) is 5.74. The van der Waals surface area contributed by atoms with Gasteiger partial charge in [-0.05, 0) is 50.3 Å². The van der Waals surface area contributed by atoms with Crippen LogP contribution in [0.25, 0.3) is 0 Å². The largest absolute Gasteiger partial charge is 0.496 e. The molecule has 0 bridgehead atoms. The highest BCUT2D eigenvalue weighted by Gasteiger charge is 2.32. The Bertz CT molecular complexity index is 1060. The number of hydrogen-bond acceptors (Lipinski definition) is 5. The molecule has 1 aromatic carbocycles. The molecule has 8 heteroatoms. The molecule has 168 valence electrons. The van der Waals surface area contributed by atoms with Gasteiger partial charge in [-0.2, -0.15) is 4.31 Å². The quantitative estimate of drug-likeness (QED) is 0.737. The highest BCUT2D eigenvalue weighted by Crippen LogP contribution is 2.27. The normalized spacial score (nSPS) is 19.8. The van der Waals surface area contributed by atoms with Crippen LogP contribution in [0.1, 0.15) is 47.4 Å². The standard InChI is InChI=1S/C23H31N3O4S/c1-15-9-16(2)14-26(13-15)31(28,29)20-8-6-7-19(10-20)23(27)25-12-21-18(4)22(30-5)17(3)11-24-21/h6-8,10-11,15-16H,9,12-14H2,1-5H3,(H,25,27). The summed E-state index contributed by atoms with van der Waals surface area (Å²) in [5.41, 5.74) is 2.80. The molecule has 1 fully saturated rings. The predicted octanol–water partition coefficient (Wildman–Crippen LogP) is 3.30. The smallest absolute Gasteiger partial charge is 0.251 e. The van der Waals surface area contributed by atoms with Crippen molar-refractivity contribution in [3.05, 3.63) is 52.8 Å². The van der Waals surface area contributed by atoms with Crippen LogP contribution in [0.5, 0.6) is 5.75 Å². The average Bonchev–Trinajstić information content (AvgIpc) is 2.72. The molecule has 2 aromatic rings. The van der Waals surface area contributed by atoms with E-state index in [1.807, 2.05) is 13.8 Å². The minimum absolute atomic E-state index is 0.146. The van der Waals surface area contributed by atoms with Gasteiger partial charge >= 0.3 is 0 Å². The Balaban J connectivity index is 1.76. The van der Waals surface area contributed by atoms with Gasteiger partial charge in [0.05, 0.1) is 24.2 Å². The summed E-state index contributed by atoms with van der Waals surface area (Å²) >= 11 is 0. The third-order valence-corrected chi connectivity index (χ3v) is 7.56. The van der Waals surface area contributed by atoms with Crippen LogP contribution < -0.4 is 10.1 Å². The summed E-state index contributed by atoms with van der Waals surface area (Å²) in [4.78, 5) is 17.3. The number of sulfonamides is 1. The molecule has 1 aliphatic rings. The van der Waals surface area contributed by atoms with E-state index in [4.69, 9.17) is 4.74 Å². The number of pyridine rings is 1. The molecule has 0 radical (unpaired) electrons. The lowest BCUT2D eigenvalue weighted by molar-refractivity contribution is 0.0950. The molecule has 3 rings (SSSR count). The number of hydrogen-bond donors (Lipinski definition) is 1. The summed E-state index contributed by atoms with van der Waals surface area (Å²) in [5, 5.41) is 2.83. The molecule has 7 nitrogen and oxygen atoms in total. The van der Waals surface area contributed by atoms with Gasteiger partial charge in [0.15, 0.2) is 0 Å². The molecule has 2 atom stereocenters. The highest BCUT2D eigenvalue weighted by atomic mass is 32.2. The number of carbonyl (C=O) groups is 1. The number of ether oxygens (including phenoxy) is 1. The van der Waals surface area contributed by atoms with Crippen LogP contribution in [0, 0.1) is 25.7 Å². The fourth-order valence-electron chi connectivity index (χ4n) is 4.26. The van der Waals surface area contributed by atoms with Gasteiger partial charge in [0, 0.05) is 36.0 Å². The number of nitrogens with one attached hydrogen (secondary N) is 1. The molecule has 31 heavy (non-hydrogen) atoms. The fraction of sp³-hybridized carbons (Fsp3) is 0.478. The Morgan fingerprint density at radius 1 is 1.23 bits per heavy atom. The third kappa shape index (κ3) is 5.07. The van der Waals surface area contributed by atoms with Gasteiger partial charge in [-0.25, -0.2) is 8.42 Å². The lowest BCUT2D eigenvalue weighted by Gasteiger charge is -2.34. The molecule has 2 heterocycles. The van der Waals surface area contributed by atoms with E-state index >= 15 is 0 Å². The number of rotatable bonds is 6. The van der Waals surface area contributed by atoms with E-state index in [9.17, 15) is 13.2 Å². The zero-order valence-corrected chi connectivity index (χ0v) is 19.6. The molecule has 1 N–H and O–H groups in total. The van der Waals surface area contributed by atoms with Gasteiger partial charge in [-0.3, -0.25) is 9.78 Å². The average molecular weight is 446 g/mol. The highest BCUT2D eigenvalue weighted by molar-refractivity contribution is 7.89. The van der Waals surface area contributed by atoms with Gasteiger partial charge < -0.3 is 10.1 Å². The number of piperidine rings is 1. The minimum Gasteiger partial charge on any atom is -0.496 e. The van der Waals surface area contributed by atoms with E-state index in [2.05, 4.69) is 24.1 Å². The van der Waals surface area contributed by atoms with E-state index in [1.54, 1.807) is 31.5 Å². The molecule has 1 amide bonds. The number of carbonyl (C=O) groups excluding carboxylic acids is 1. The predicted molar refractivity (Wildman–Crippen MR) is 120 cm³/mol. The topological polar surface area (TPSA) is 88.6 Å². The van der Waals surface area contributed by atoms with Crippen LogP contribution in [0.15, 0.2) is 35.4 Å². The fourth-order valence-corrected chi connectivity index (χ4v) is 5.99. The Labute approximate surface area is 184 Å². The first kappa shape index (κ1) is 23.2. The van der Waals surface area contributed by atoms with Crippen LogP contribution >= 0.6 is 0 Å². The summed E-state index contributed by atoms with van der Waals surface area (Å²) in [7, 11) is -2.04. The second kappa shape index (κ2) is 9.36. The lowest BCUT2D eigenvalue weighted by Crippen LogP contribution is -2.42. The van der Waals surface area contributed by atoms with Crippen LogP contribution in [0.3, 0.4) is 0 Å². The SMILES string of the molecule is COc1c(C)cnc(CNC(=O)c2cccc(S(=O)(=O)N3CC(C)CC(C)C3)c2)c1C. The summed E-state index contributed by atoms with van der Waals surface area (Å²) in [6.07, 6.45) is 2.73. The zero-order chi connectivity index (χ0) is 22.8. The number of aromatic nitrogens is 1. The summed E-state index contributed by atoms with van der Waals surface area (Å²) < 4.78 is 33.2. The number of benzene rings is 1. The van der Waals surface area contributed by atoms with Crippen LogP contribution in [-0.4, -0.2) is 43.8 Å². The molecule has 1 aliphatic heterocycles. The summed E-state index contributed by atoms with van der Waals surface area (Å²) in [6.45, 7) is 9.17. The lowest BCUT2D eigenvalue weighted by atomic mass is 9.94. The Morgan fingerprint density at radius 3 is 2.55 bits per heavy atom. The molecular formula is C23H31N3O4S. The van der Waals surface area contributed by atoms with Crippen LogP contribution in [0.4, 0.5) is 0 Å². The van der Waals surface area contributed by atoms with Crippen molar-refractivity contribution in [1.82, 2.24) is 14.6 Å². The first-order valence-electron chi connectivity index (χ1n) is 10.5. The second-order valence-corrected chi connectivity index (χ2v) is 10.5. The number of amides is 1. The van der Waals surface area contributed by atoms with Crippen molar-refractivity contribution < 1.29 is 17.9 Å². The molecule has 1 aromatic heterocycles. The Kier molecular flexibility index (Phi) is 7.01. The molecule has 2 unspecified atom stereocenters. The van der Waals surface area contributed by atoms with Gasteiger partial charge in [0.2, 0.25) is 10.0 Å². The van der Waals surface area contributed by atoms with E-state index in [0.29, 0.717) is 36.2 Å². The monoisotopic (exact) mass is 445 g/mol. The summed E-state index contributed by atoms with van der Waals surface area (Å²) in [5.74, 6) is 1.02. The van der Waals surface area contributed by atoms with Gasteiger partial charge in [-0.1, -0.05) is 19.9 Å². The van der Waals surface area contributed by atoms with Crippen molar-refractivity contribution in [3.8, 4) is 5.75 Å². The Morgan fingerprint density at radius 2 is 1.90 bits per heavy atom. The molecule has 0 aliphatic carbocycles. The van der Waals surface area contributed by atoms with Crippen LogP contribution in [-0.2, 0) is 16.6 Å². The van der Waals surface area contributed by atoms with Crippen molar-refractivity contribution in [2.45, 2.75) is 45.6 Å². The maximum atomic E-state index is 13.1. The summed E-state index contributed by atoms with van der Waals surface area (Å²) in [6, 6.07) is 6.22. The molecule has 0 spiro atoms. The van der Waals surface area contributed by atoms with Crippen molar-refractivity contribution >= 4 is 15.9 Å². The van der Waals surface area contributed by atoms with Gasteiger partial charge in [-0.15, -0.1) is 0 Å². The maximum absolute atomic E-state index is 13.1. The maximum Gasteiger partial charge on any atom is 0.251 e. The van der Waals surface area contributed by atoms with Crippen molar-refractivity contribution in [2.75, 3.05) is 20.2 Å². The first-order valence-corrected chi connectivity index (χ1v) is 11.9. The number of aryl methyl sites for hydroxylation is 1.